The molecule has 30 heavy (non-hydrogen) atoms. The fourth-order valence-electron chi connectivity index (χ4n) is 6.24. The molecular weight excluding hydrogens is 392 g/mol. The first-order valence-electron chi connectivity index (χ1n) is 11.3. The van der Waals surface area contributed by atoms with Crippen molar-refractivity contribution >= 4 is 10.0 Å². The van der Waals surface area contributed by atoms with Gasteiger partial charge < -0.3 is 0 Å². The summed E-state index contributed by atoms with van der Waals surface area (Å²) < 4.78 is 27.1. The van der Waals surface area contributed by atoms with Crippen LogP contribution >= 0.6 is 0 Å². The highest BCUT2D eigenvalue weighted by atomic mass is 32.2. The molecule has 3 aliphatic carbocycles. The standard InChI is InChI=1S/C25H30N2O2S/c1-27-23-24(27)25(23)15-20-10-9-18(11-12-26-30(28,29)16-19-7-8-19)13-21(20)22(25)14-17-5-3-2-4-6-17/h2-6,9-10,13,19,22-24,26H,7-8,11-12,14-16H2,1H3. The molecular formula is C25H30N2O2S. The molecule has 0 bridgehead atoms. The summed E-state index contributed by atoms with van der Waals surface area (Å²) in [6.45, 7) is 0.496. The van der Waals surface area contributed by atoms with Gasteiger partial charge in [-0.2, -0.15) is 0 Å². The lowest BCUT2D eigenvalue weighted by Crippen LogP contribution is -2.31. The Morgan fingerprint density at radius 1 is 1.07 bits per heavy atom. The molecule has 0 aromatic heterocycles. The number of hydrogen-bond donors (Lipinski definition) is 1. The van der Waals surface area contributed by atoms with Gasteiger partial charge in [0.15, 0.2) is 0 Å². The molecule has 1 spiro atoms. The Morgan fingerprint density at radius 2 is 1.83 bits per heavy atom. The van der Waals surface area contributed by atoms with Crippen molar-refractivity contribution in [3.63, 3.8) is 0 Å². The lowest BCUT2D eigenvalue weighted by atomic mass is 9.81. The number of nitrogens with one attached hydrogen (secondary N) is 1. The van der Waals surface area contributed by atoms with Gasteiger partial charge in [0, 0.05) is 24.0 Å². The third-order valence-electron chi connectivity index (χ3n) is 7.98. The Labute approximate surface area is 179 Å². The zero-order chi connectivity index (χ0) is 20.5. The average Bonchev–Trinajstić information content (AvgIpc) is 3.66. The normalized spacial score (nSPS) is 33.4. The lowest BCUT2D eigenvalue weighted by molar-refractivity contribution is 0.226. The molecule has 2 aromatic rings. The van der Waals surface area contributed by atoms with Crippen LogP contribution in [-0.4, -0.2) is 44.7 Å². The number of likely N-dealkylation sites (tertiary alicyclic amines) is 1. The maximum absolute atomic E-state index is 12.2. The van der Waals surface area contributed by atoms with Crippen LogP contribution in [0.5, 0.6) is 0 Å². The maximum atomic E-state index is 12.2. The van der Waals surface area contributed by atoms with Crippen molar-refractivity contribution in [3.8, 4) is 0 Å². The quantitative estimate of drug-likeness (QED) is 0.665. The molecule has 3 fully saturated rings. The molecule has 2 aromatic carbocycles. The minimum absolute atomic E-state index is 0.301. The minimum atomic E-state index is -3.12. The van der Waals surface area contributed by atoms with Crippen LogP contribution in [0.3, 0.4) is 0 Å². The van der Waals surface area contributed by atoms with Crippen molar-refractivity contribution < 1.29 is 8.42 Å². The van der Waals surface area contributed by atoms with Gasteiger partial charge in [-0.1, -0.05) is 48.5 Å². The third-order valence-corrected chi connectivity index (χ3v) is 9.53. The van der Waals surface area contributed by atoms with Crippen LogP contribution in [-0.2, 0) is 29.3 Å². The summed E-state index contributed by atoms with van der Waals surface area (Å²) in [5, 5.41) is 0. The number of benzene rings is 2. The number of rotatable bonds is 8. The first-order valence-corrected chi connectivity index (χ1v) is 13.0. The molecule has 3 atom stereocenters. The smallest absolute Gasteiger partial charge is 0.211 e. The predicted molar refractivity (Wildman–Crippen MR) is 119 cm³/mol. The molecule has 1 N–H and O–H groups in total. The molecule has 4 aliphatic rings. The topological polar surface area (TPSA) is 49.2 Å². The molecule has 3 unspecified atom stereocenters. The van der Waals surface area contributed by atoms with Gasteiger partial charge in [0.2, 0.25) is 10.0 Å². The SMILES string of the molecule is CN1C2C1C21Cc2ccc(CCNS(=O)(=O)CC3CC3)cc2C1Cc1ccccc1. The molecule has 1 heterocycles. The number of sulfonamides is 1. The summed E-state index contributed by atoms with van der Waals surface area (Å²) in [7, 11) is -0.871. The Hall–Kier alpha value is -1.69. The summed E-state index contributed by atoms with van der Waals surface area (Å²) in [5.41, 5.74) is 6.13. The maximum Gasteiger partial charge on any atom is 0.211 e. The molecule has 1 saturated heterocycles. The van der Waals surface area contributed by atoms with E-state index in [0.717, 1.165) is 37.8 Å². The minimum Gasteiger partial charge on any atom is -0.296 e. The highest BCUT2D eigenvalue weighted by Gasteiger charge is 2.84. The van der Waals surface area contributed by atoms with Gasteiger partial charge in [-0.05, 0) is 73.2 Å². The van der Waals surface area contributed by atoms with Crippen molar-refractivity contribution in [1.29, 1.82) is 0 Å². The van der Waals surface area contributed by atoms with E-state index in [1.165, 1.54) is 28.7 Å². The van der Waals surface area contributed by atoms with Crippen LogP contribution in [0.25, 0.3) is 0 Å². The summed E-state index contributed by atoms with van der Waals surface area (Å²) >= 11 is 0. The monoisotopic (exact) mass is 422 g/mol. The highest BCUT2D eigenvalue weighted by molar-refractivity contribution is 7.89. The second-order valence-corrected chi connectivity index (χ2v) is 11.8. The van der Waals surface area contributed by atoms with E-state index in [2.05, 4.69) is 65.2 Å². The summed E-state index contributed by atoms with van der Waals surface area (Å²) in [6.07, 6.45) is 5.19. The van der Waals surface area contributed by atoms with Crippen molar-refractivity contribution in [3.05, 3.63) is 70.8 Å². The Morgan fingerprint density at radius 3 is 2.53 bits per heavy atom. The predicted octanol–water partition coefficient (Wildman–Crippen LogP) is 3.12. The number of fused-ring (bicyclic) bond motifs is 4. The van der Waals surface area contributed by atoms with Gasteiger partial charge in [-0.25, -0.2) is 13.1 Å². The van der Waals surface area contributed by atoms with Gasteiger partial charge in [-0.3, -0.25) is 4.90 Å². The zero-order valence-corrected chi connectivity index (χ0v) is 18.4. The van der Waals surface area contributed by atoms with Crippen molar-refractivity contribution in [2.24, 2.45) is 11.3 Å². The van der Waals surface area contributed by atoms with Crippen LogP contribution in [0, 0.1) is 11.3 Å². The van der Waals surface area contributed by atoms with Gasteiger partial charge in [0.05, 0.1) is 5.75 Å². The molecule has 158 valence electrons. The second kappa shape index (κ2) is 6.65. The van der Waals surface area contributed by atoms with E-state index in [1.54, 1.807) is 0 Å². The molecule has 5 heteroatoms. The molecule has 1 aliphatic heterocycles. The van der Waals surface area contributed by atoms with E-state index in [0.29, 0.717) is 29.5 Å². The molecule has 4 nitrogen and oxygen atoms in total. The summed E-state index contributed by atoms with van der Waals surface area (Å²) in [5.74, 6) is 1.27. The molecule has 0 amide bonds. The Kier molecular flexibility index (Phi) is 4.22. The Bertz CT molecular complexity index is 1070. The molecule has 6 rings (SSSR count). The summed E-state index contributed by atoms with van der Waals surface area (Å²) in [6, 6.07) is 19.3. The van der Waals surface area contributed by atoms with Gasteiger partial charge in [0.1, 0.15) is 0 Å². The lowest BCUT2D eigenvalue weighted by Gasteiger charge is -2.29. The van der Waals surface area contributed by atoms with Crippen LogP contribution < -0.4 is 4.72 Å². The van der Waals surface area contributed by atoms with Crippen LogP contribution in [0.1, 0.15) is 41.0 Å². The van der Waals surface area contributed by atoms with Crippen molar-refractivity contribution in [2.45, 2.75) is 50.1 Å². The van der Waals surface area contributed by atoms with E-state index < -0.39 is 10.0 Å². The summed E-state index contributed by atoms with van der Waals surface area (Å²) in [4.78, 5) is 2.51. The first-order chi connectivity index (χ1) is 14.5. The highest BCUT2D eigenvalue weighted by Crippen LogP contribution is 2.76. The molecule has 0 radical (unpaired) electrons. The van der Waals surface area contributed by atoms with Gasteiger partial charge in [-0.15, -0.1) is 0 Å². The van der Waals surface area contributed by atoms with Crippen molar-refractivity contribution in [1.82, 2.24) is 9.62 Å². The Balaban J connectivity index is 1.19. The average molecular weight is 423 g/mol. The van der Waals surface area contributed by atoms with Crippen molar-refractivity contribution in [2.75, 3.05) is 19.3 Å². The van der Waals surface area contributed by atoms with Gasteiger partial charge in [0.25, 0.3) is 0 Å². The van der Waals surface area contributed by atoms with Crippen LogP contribution in [0.15, 0.2) is 48.5 Å². The van der Waals surface area contributed by atoms with E-state index in [1.807, 2.05) is 0 Å². The fourth-order valence-corrected chi connectivity index (χ4v) is 7.72. The van der Waals surface area contributed by atoms with E-state index >= 15 is 0 Å². The second-order valence-electron chi connectivity index (χ2n) is 9.99. The zero-order valence-electron chi connectivity index (χ0n) is 17.5. The van der Waals surface area contributed by atoms with Crippen LogP contribution in [0.2, 0.25) is 0 Å². The fraction of sp³-hybridized carbons (Fsp3) is 0.520. The van der Waals surface area contributed by atoms with E-state index in [9.17, 15) is 8.42 Å². The third kappa shape index (κ3) is 3.14. The number of nitrogens with zero attached hydrogens (tertiary/aromatic N) is 1. The van der Waals surface area contributed by atoms with Gasteiger partial charge >= 0.3 is 0 Å². The number of hydrogen-bond acceptors (Lipinski definition) is 3. The van der Waals surface area contributed by atoms with Crippen LogP contribution in [0.4, 0.5) is 0 Å². The number of likely N-dealkylation sites (N-methyl/N-ethyl adjacent to an activating group) is 1. The largest absolute Gasteiger partial charge is 0.296 e. The van der Waals surface area contributed by atoms with E-state index in [4.69, 9.17) is 0 Å². The van der Waals surface area contributed by atoms with E-state index in [-0.39, 0.29) is 0 Å². The molecule has 2 saturated carbocycles. The first kappa shape index (κ1) is 19.0.